The molecule has 10 nitrogen and oxygen atoms in total. The molecule has 0 atom stereocenters. The number of ketones is 1. The van der Waals surface area contributed by atoms with Crippen LogP contribution in [-0.2, 0) is 36.9 Å². The highest BCUT2D eigenvalue weighted by Crippen LogP contribution is 2.74. The summed E-state index contributed by atoms with van der Waals surface area (Å²) in [6, 6.07) is 8.00. The second kappa shape index (κ2) is 9.55. The van der Waals surface area contributed by atoms with E-state index in [1.165, 1.54) is 5.56 Å². The predicted molar refractivity (Wildman–Crippen MR) is 151 cm³/mol. The lowest BCUT2D eigenvalue weighted by Crippen LogP contribution is -2.66. The number of rotatable bonds is 7. The number of allylic oxidation sites excluding steroid dienone is 1. The maximum absolute atomic E-state index is 11.2. The van der Waals surface area contributed by atoms with E-state index in [4.69, 9.17) is 9.29 Å². The average molecular weight is 579 g/mol. The molecule has 1 N–H and O–H groups in total. The highest BCUT2D eigenvalue weighted by atomic mass is 32.2. The molecule has 0 unspecified atom stereocenters. The normalized spacial score (nSPS) is 31.1. The van der Waals surface area contributed by atoms with Crippen LogP contribution < -0.4 is 0 Å². The van der Waals surface area contributed by atoms with Crippen molar-refractivity contribution in [2.45, 2.75) is 58.4 Å². The van der Waals surface area contributed by atoms with Gasteiger partial charge in [0.05, 0.1) is 35.7 Å². The zero-order chi connectivity index (χ0) is 29.1. The van der Waals surface area contributed by atoms with Crippen molar-refractivity contribution >= 4 is 39.0 Å². The highest BCUT2D eigenvalue weighted by molar-refractivity contribution is 7.85. The van der Waals surface area contributed by atoms with Gasteiger partial charge in [0.25, 0.3) is 10.1 Å². The SMILES string of the molecule is C1=Cc2ncccc2C1.CC(=O)C12CC(COS(C)(=O)=O)(C1)C2.O=C(O)C12CC(Cn3ncc4ncccc43)(C1)C2. The summed E-state index contributed by atoms with van der Waals surface area (Å²) in [6.07, 6.45) is 16.5. The molecule has 6 saturated carbocycles. The Hall–Kier alpha value is -3.44. The Morgan fingerprint density at radius 1 is 1.00 bits per heavy atom. The van der Waals surface area contributed by atoms with E-state index in [1.807, 2.05) is 29.1 Å². The highest BCUT2D eigenvalue weighted by Gasteiger charge is 2.72. The molecular weight excluding hydrogens is 544 g/mol. The van der Waals surface area contributed by atoms with Gasteiger partial charge in [0.15, 0.2) is 0 Å². The van der Waals surface area contributed by atoms with Crippen molar-refractivity contribution in [1.29, 1.82) is 0 Å². The van der Waals surface area contributed by atoms with Crippen LogP contribution in [0.5, 0.6) is 0 Å². The van der Waals surface area contributed by atoms with Crippen LogP contribution in [-0.4, -0.2) is 57.9 Å². The van der Waals surface area contributed by atoms with E-state index in [9.17, 15) is 18.0 Å². The number of pyridine rings is 2. The van der Waals surface area contributed by atoms with Crippen molar-refractivity contribution in [3.63, 3.8) is 0 Å². The van der Waals surface area contributed by atoms with Crippen LogP contribution in [0, 0.1) is 21.7 Å². The first-order chi connectivity index (χ1) is 19.4. The molecule has 4 bridgehead atoms. The monoisotopic (exact) mass is 578 g/mol. The number of carboxylic acids is 1. The van der Waals surface area contributed by atoms with Crippen LogP contribution in [0.3, 0.4) is 0 Å². The molecule has 6 fully saturated rings. The molecule has 7 aliphatic carbocycles. The maximum Gasteiger partial charge on any atom is 0.309 e. The summed E-state index contributed by atoms with van der Waals surface area (Å²) in [7, 11) is -3.33. The van der Waals surface area contributed by atoms with Crippen molar-refractivity contribution in [3.05, 3.63) is 60.2 Å². The lowest BCUT2D eigenvalue weighted by Gasteiger charge is -2.69. The lowest BCUT2D eigenvalue weighted by molar-refractivity contribution is -0.227. The van der Waals surface area contributed by atoms with Crippen LogP contribution in [0.25, 0.3) is 17.1 Å². The van der Waals surface area contributed by atoms with Gasteiger partial charge in [-0.15, -0.1) is 0 Å². The van der Waals surface area contributed by atoms with Gasteiger partial charge in [-0.25, -0.2) is 0 Å². The number of fused-ring (bicyclic) bond motifs is 2. The van der Waals surface area contributed by atoms with Crippen LogP contribution in [0.15, 0.2) is 48.9 Å². The molecule has 0 saturated heterocycles. The molecule has 0 aliphatic heterocycles. The van der Waals surface area contributed by atoms with Gasteiger partial charge in [-0.3, -0.25) is 28.4 Å². The standard InChI is InChI=1S/C13H13N3O2.C9H14O4S.C8H7N/c17-11(18)13-5-12(6-13,7-13)8-16-10-2-1-3-14-9(10)4-15-16;1-7(10)9-3-8(4-9,5-9)6-13-14(2,11)12;1-3-7-4-2-6-9-8(7)5-1/h1-4H,5-8H2,(H,17,18);3-6H2,1-2H3;1-2,4-6H,3H2. The molecule has 7 aliphatic rings. The van der Waals surface area contributed by atoms with Crippen molar-refractivity contribution in [1.82, 2.24) is 19.7 Å². The first-order valence-electron chi connectivity index (χ1n) is 13.8. The van der Waals surface area contributed by atoms with Gasteiger partial charge < -0.3 is 5.11 Å². The Labute approximate surface area is 239 Å². The van der Waals surface area contributed by atoms with Crippen molar-refractivity contribution < 1.29 is 27.3 Å². The Morgan fingerprint density at radius 2 is 1.66 bits per heavy atom. The molecule has 216 valence electrons. The minimum atomic E-state index is -3.33. The van der Waals surface area contributed by atoms with Crippen molar-refractivity contribution in [2.24, 2.45) is 21.7 Å². The van der Waals surface area contributed by atoms with E-state index >= 15 is 0 Å². The minimum absolute atomic E-state index is 0.00521. The zero-order valence-corrected chi connectivity index (χ0v) is 24.1. The van der Waals surface area contributed by atoms with E-state index < -0.39 is 21.5 Å². The molecule has 10 rings (SSSR count). The van der Waals surface area contributed by atoms with Gasteiger partial charge in [0, 0.05) is 24.4 Å². The Bertz CT molecular complexity index is 1640. The lowest BCUT2D eigenvalue weighted by atomic mass is 9.34. The third-order valence-corrected chi connectivity index (χ3v) is 10.0. The number of aliphatic carboxylic acids is 1. The summed E-state index contributed by atoms with van der Waals surface area (Å²) >= 11 is 0. The summed E-state index contributed by atoms with van der Waals surface area (Å²) in [5, 5.41) is 13.5. The van der Waals surface area contributed by atoms with Gasteiger partial charge in [-0.1, -0.05) is 12.1 Å². The molecule has 0 spiro atoms. The quantitative estimate of drug-likeness (QED) is 0.411. The number of hydrogen-bond donors (Lipinski definition) is 1. The van der Waals surface area contributed by atoms with Gasteiger partial charge in [0.1, 0.15) is 11.3 Å². The van der Waals surface area contributed by atoms with Crippen LogP contribution >= 0.6 is 0 Å². The zero-order valence-electron chi connectivity index (χ0n) is 23.2. The van der Waals surface area contributed by atoms with Gasteiger partial charge in [0.2, 0.25) is 0 Å². The fraction of sp³-hybridized carbons (Fsp3) is 0.500. The summed E-state index contributed by atoms with van der Waals surface area (Å²) in [6.45, 7) is 2.68. The van der Waals surface area contributed by atoms with Crippen LogP contribution in [0.2, 0.25) is 0 Å². The first kappa shape index (κ1) is 27.7. The van der Waals surface area contributed by atoms with Gasteiger partial charge >= 0.3 is 5.97 Å². The summed E-state index contributed by atoms with van der Waals surface area (Å²) in [4.78, 5) is 30.7. The summed E-state index contributed by atoms with van der Waals surface area (Å²) in [5.74, 6) is -0.393. The topological polar surface area (TPSA) is 141 Å². The van der Waals surface area contributed by atoms with E-state index in [0.29, 0.717) is 0 Å². The Kier molecular flexibility index (Phi) is 6.46. The molecule has 3 aromatic rings. The van der Waals surface area contributed by atoms with Gasteiger partial charge in [-0.05, 0) is 92.5 Å². The third-order valence-electron chi connectivity index (χ3n) is 9.50. The van der Waals surface area contributed by atoms with Crippen molar-refractivity contribution in [2.75, 3.05) is 12.9 Å². The molecule has 41 heavy (non-hydrogen) atoms. The third kappa shape index (κ3) is 4.99. The fourth-order valence-electron chi connectivity index (χ4n) is 7.58. The largest absolute Gasteiger partial charge is 0.481 e. The van der Waals surface area contributed by atoms with Crippen LogP contribution in [0.1, 0.15) is 56.7 Å². The van der Waals surface area contributed by atoms with E-state index in [0.717, 1.165) is 74.5 Å². The maximum atomic E-state index is 11.2. The van der Waals surface area contributed by atoms with E-state index in [2.05, 4.69) is 33.3 Å². The smallest absolute Gasteiger partial charge is 0.309 e. The average Bonchev–Trinajstić information content (AvgIpc) is 3.45. The molecule has 3 aromatic heterocycles. The number of carboxylic acid groups (broad SMARTS) is 1. The van der Waals surface area contributed by atoms with E-state index in [1.54, 1.807) is 19.3 Å². The summed E-state index contributed by atoms with van der Waals surface area (Å²) < 4.78 is 28.2. The molecule has 11 heteroatoms. The van der Waals surface area contributed by atoms with Gasteiger partial charge in [-0.2, -0.15) is 13.5 Å². The van der Waals surface area contributed by atoms with Crippen LogP contribution in [0.4, 0.5) is 0 Å². The Balaban J connectivity index is 0.000000117. The summed E-state index contributed by atoms with van der Waals surface area (Å²) in [5.41, 5.74) is 4.07. The molecule has 0 radical (unpaired) electrons. The van der Waals surface area contributed by atoms with Crippen molar-refractivity contribution in [3.8, 4) is 0 Å². The molecule has 3 heterocycles. The number of Topliss-reactive ketones (excluding diaryl/α,β-unsaturated/α-hetero) is 1. The number of carbonyl (C=O) groups is 2. The minimum Gasteiger partial charge on any atom is -0.481 e. The number of hydrogen-bond acceptors (Lipinski definition) is 8. The number of aromatic nitrogens is 4. The Morgan fingerprint density at radius 3 is 2.29 bits per heavy atom. The molecular formula is C30H34N4O6S. The number of nitrogens with zero attached hydrogens (tertiary/aromatic N) is 4. The molecule has 0 amide bonds. The second-order valence-electron chi connectivity index (χ2n) is 12.8. The molecule has 0 aromatic carbocycles. The fourth-order valence-corrected chi connectivity index (χ4v) is 8.04. The predicted octanol–water partition coefficient (Wildman–Crippen LogP) is 4.06. The first-order valence-corrected chi connectivity index (χ1v) is 15.6. The number of carbonyl (C=O) groups excluding carboxylic acids is 1. The van der Waals surface area contributed by atoms with E-state index in [-0.39, 0.29) is 28.6 Å². The second-order valence-corrected chi connectivity index (χ2v) is 14.5.